The summed E-state index contributed by atoms with van der Waals surface area (Å²) < 4.78 is 8.26. The van der Waals surface area contributed by atoms with Crippen LogP contribution in [0.3, 0.4) is 0 Å². The molecular formula is H2CoMoOSr. The van der Waals surface area contributed by atoms with Crippen LogP contribution in [0.25, 0.3) is 0 Å². The van der Waals surface area contributed by atoms with E-state index in [9.17, 15) is 0 Å². The molecule has 0 amide bonds. The molecule has 4 heteroatoms. The summed E-state index contributed by atoms with van der Waals surface area (Å²) in [6, 6.07) is 0. The van der Waals surface area contributed by atoms with E-state index in [0.717, 1.165) is 0 Å². The van der Waals surface area contributed by atoms with Gasteiger partial charge in [0.25, 0.3) is 0 Å². The fraction of sp³-hybridized carbons (Fsp3) is 0. The SMILES string of the molecule is [Co].[H-].[H-].[O]=[Mo].[Sr+2]. The van der Waals surface area contributed by atoms with Crippen molar-refractivity contribution in [1.82, 2.24) is 0 Å². The summed E-state index contributed by atoms with van der Waals surface area (Å²) in [6.45, 7) is 0. The van der Waals surface area contributed by atoms with E-state index in [1.165, 1.54) is 0 Å². The Morgan fingerprint density at radius 1 is 1.50 bits per heavy atom. The third-order valence-corrected chi connectivity index (χ3v) is 0. The van der Waals surface area contributed by atoms with Gasteiger partial charge in [0, 0.05) is 16.8 Å². The third kappa shape index (κ3) is 8.82. The van der Waals surface area contributed by atoms with E-state index >= 15 is 0 Å². The second-order valence-electron chi connectivity index (χ2n) is 0. The first-order valence-electron chi connectivity index (χ1n) is 0.167. The van der Waals surface area contributed by atoms with Crippen LogP contribution in [0.1, 0.15) is 2.85 Å². The summed E-state index contributed by atoms with van der Waals surface area (Å²) in [5, 5.41) is 0. The zero-order valence-corrected chi connectivity index (χ0v) is 8.38. The van der Waals surface area contributed by atoms with Crippen LogP contribution in [-0.2, 0) is 40.0 Å². The first-order valence-corrected chi connectivity index (χ1v) is 0.986. The summed E-state index contributed by atoms with van der Waals surface area (Å²) >= 11 is 0.700. The Bertz CT molecular complexity index is 13.5. The van der Waals surface area contributed by atoms with Crippen molar-refractivity contribution in [3.05, 3.63) is 0 Å². The fourth-order valence-corrected chi connectivity index (χ4v) is 0. The number of hydrogen-bond acceptors (Lipinski definition) is 1. The Labute approximate surface area is 86.5 Å². The summed E-state index contributed by atoms with van der Waals surface area (Å²) in [6.07, 6.45) is 0. The minimum atomic E-state index is 0. The zero-order chi connectivity index (χ0) is 2.00. The average molecular weight is 261 g/mol. The van der Waals surface area contributed by atoms with E-state index in [1.54, 1.807) is 0 Å². The van der Waals surface area contributed by atoms with Gasteiger partial charge in [0.05, 0.1) is 0 Å². The molecular weight excluding hydrogens is 258 g/mol. The topological polar surface area (TPSA) is 17.1 Å². The summed E-state index contributed by atoms with van der Waals surface area (Å²) in [5.74, 6) is 0. The van der Waals surface area contributed by atoms with Crippen molar-refractivity contribution in [2.24, 2.45) is 0 Å². The fourth-order valence-electron chi connectivity index (χ4n) is 0. The van der Waals surface area contributed by atoms with Crippen molar-refractivity contribution in [1.29, 1.82) is 0 Å². The van der Waals surface area contributed by atoms with Crippen LogP contribution in [0, 0.1) is 0 Å². The van der Waals surface area contributed by atoms with E-state index in [2.05, 4.69) is 0 Å². The Kier molecular flexibility index (Phi) is 71.9. The van der Waals surface area contributed by atoms with Gasteiger partial charge < -0.3 is 2.85 Å². The molecule has 0 unspecified atom stereocenters. The van der Waals surface area contributed by atoms with Gasteiger partial charge in [0.2, 0.25) is 0 Å². The van der Waals surface area contributed by atoms with E-state index in [4.69, 9.17) is 3.40 Å². The van der Waals surface area contributed by atoms with Gasteiger partial charge in [-0.25, -0.2) is 0 Å². The summed E-state index contributed by atoms with van der Waals surface area (Å²) in [5.41, 5.74) is 0. The molecule has 0 aliphatic rings. The molecule has 25 valence electrons. The summed E-state index contributed by atoms with van der Waals surface area (Å²) in [4.78, 5) is 0. The predicted octanol–water partition coefficient (Wildman–Crippen LogP) is -0.280. The molecule has 0 spiro atoms. The molecule has 0 aromatic rings. The normalized spacial score (nSPS) is 1.00. The van der Waals surface area contributed by atoms with Crippen molar-refractivity contribution in [2.75, 3.05) is 0 Å². The number of rotatable bonds is 0. The van der Waals surface area contributed by atoms with Gasteiger partial charge in [0.1, 0.15) is 0 Å². The second-order valence-corrected chi connectivity index (χ2v) is 0. The smallest absolute Gasteiger partial charge is 2.00 e. The average Bonchev–Trinajstić information content (AvgIpc) is 1.00. The standard InChI is InChI=1S/Co.Mo.O.Sr.2H/q;;;+2;2*-1. The maximum atomic E-state index is 8.26. The Morgan fingerprint density at radius 3 is 1.50 bits per heavy atom. The van der Waals surface area contributed by atoms with Crippen LogP contribution >= 0.6 is 0 Å². The largest absolute Gasteiger partial charge is 2.00 e. The Morgan fingerprint density at radius 2 is 1.50 bits per heavy atom. The van der Waals surface area contributed by atoms with Crippen LogP contribution in [0.4, 0.5) is 0 Å². The van der Waals surface area contributed by atoms with Crippen molar-refractivity contribution in [3.63, 3.8) is 0 Å². The minimum Gasteiger partial charge on any atom is 2.00 e. The van der Waals surface area contributed by atoms with Crippen LogP contribution in [0.5, 0.6) is 0 Å². The van der Waals surface area contributed by atoms with E-state index in [-0.39, 0.29) is 65.1 Å². The molecule has 0 rings (SSSR count). The molecule has 4 heavy (non-hydrogen) atoms. The molecule has 0 N–H and O–H groups in total. The predicted molar refractivity (Wildman–Crippen MR) is 8.66 cm³/mol. The molecule has 1 nitrogen and oxygen atoms in total. The molecule has 1 radical (unpaired) electrons. The zero-order valence-electron chi connectivity index (χ0n) is 3.86. The van der Waals surface area contributed by atoms with Crippen molar-refractivity contribution >= 4 is 45.5 Å². The van der Waals surface area contributed by atoms with Gasteiger partial charge in [-0.05, 0) is 0 Å². The van der Waals surface area contributed by atoms with Gasteiger partial charge in [-0.15, -0.1) is 0 Å². The molecule has 0 aliphatic carbocycles. The van der Waals surface area contributed by atoms with E-state index in [0.29, 0.717) is 19.8 Å². The van der Waals surface area contributed by atoms with Crippen LogP contribution in [-0.4, -0.2) is 45.5 Å². The van der Waals surface area contributed by atoms with E-state index < -0.39 is 0 Å². The second kappa shape index (κ2) is 17.9. The van der Waals surface area contributed by atoms with Crippen molar-refractivity contribution < 1.29 is 42.8 Å². The van der Waals surface area contributed by atoms with Gasteiger partial charge in [-0.2, -0.15) is 0 Å². The van der Waals surface area contributed by atoms with Crippen LogP contribution < -0.4 is 0 Å². The summed E-state index contributed by atoms with van der Waals surface area (Å²) in [7, 11) is 0. The maximum absolute atomic E-state index is 8.26. The quantitative estimate of drug-likeness (QED) is 0.548. The van der Waals surface area contributed by atoms with Gasteiger partial charge in [0.15, 0.2) is 0 Å². The third-order valence-electron chi connectivity index (χ3n) is 0. The maximum Gasteiger partial charge on any atom is 2.00 e. The molecule has 0 bridgehead atoms. The first kappa shape index (κ1) is 16.1. The van der Waals surface area contributed by atoms with Crippen molar-refractivity contribution in [3.8, 4) is 0 Å². The molecule has 0 heterocycles. The van der Waals surface area contributed by atoms with Gasteiger partial charge >= 0.3 is 68.7 Å². The number of hydrogen-bond donors (Lipinski definition) is 0. The molecule has 0 saturated carbocycles. The molecule has 0 atom stereocenters. The Balaban J connectivity index is -0.000000000833. The molecule has 0 aromatic carbocycles. The molecule has 0 aromatic heterocycles. The van der Waals surface area contributed by atoms with Gasteiger partial charge in [-0.1, -0.05) is 0 Å². The molecule has 0 fully saturated rings. The van der Waals surface area contributed by atoms with Crippen LogP contribution in [0.15, 0.2) is 0 Å². The Hall–Kier alpha value is 2.48. The molecule has 0 saturated heterocycles. The van der Waals surface area contributed by atoms with Crippen molar-refractivity contribution in [2.45, 2.75) is 0 Å². The van der Waals surface area contributed by atoms with Crippen LogP contribution in [0.2, 0.25) is 0 Å². The monoisotopic (exact) mass is 263 g/mol. The minimum absolute atomic E-state index is 0. The first-order chi connectivity index (χ1) is 1.00. The van der Waals surface area contributed by atoms with E-state index in [1.807, 2.05) is 0 Å². The van der Waals surface area contributed by atoms with Gasteiger partial charge in [-0.3, -0.25) is 0 Å². The molecule has 0 aliphatic heterocycles.